The maximum absolute atomic E-state index is 15.0. The molecule has 0 unspecified atom stereocenters. The molecule has 11 nitrogen and oxygen atoms in total. The van der Waals surface area contributed by atoms with Gasteiger partial charge in [0.05, 0.1) is 12.1 Å². The molecule has 2 aromatic carbocycles. The van der Waals surface area contributed by atoms with E-state index in [2.05, 4.69) is 19.8 Å². The van der Waals surface area contributed by atoms with Gasteiger partial charge in [-0.3, -0.25) is 19.1 Å². The number of likely N-dealkylation sites (tertiary alicyclic amines) is 1. The van der Waals surface area contributed by atoms with Gasteiger partial charge in [-0.2, -0.15) is 5.10 Å². The summed E-state index contributed by atoms with van der Waals surface area (Å²) in [5.41, 5.74) is -0.0438. The number of nitrogens with zero attached hydrogens (tertiary/aromatic N) is 5. The smallest absolute Gasteiger partial charge is 0.486 e. The molecule has 1 aliphatic rings. The first-order valence-electron chi connectivity index (χ1n) is 13.8. The highest BCUT2D eigenvalue weighted by Gasteiger charge is 2.48. The Labute approximate surface area is 257 Å². The molecule has 1 saturated heterocycles. The average Bonchev–Trinajstić information content (AvgIpc) is 3.55. The molecule has 0 radical (unpaired) electrons. The zero-order valence-electron chi connectivity index (χ0n) is 24.3. The molecule has 16 heteroatoms. The maximum Gasteiger partial charge on any atom is 0.573 e. The predicted molar refractivity (Wildman–Crippen MR) is 149 cm³/mol. The van der Waals surface area contributed by atoms with Crippen LogP contribution in [-0.4, -0.2) is 80.5 Å². The minimum absolute atomic E-state index is 0.0350. The molecule has 242 valence electrons. The second kappa shape index (κ2) is 13.2. The van der Waals surface area contributed by atoms with Crippen LogP contribution in [0.1, 0.15) is 28.8 Å². The van der Waals surface area contributed by atoms with E-state index in [0.717, 1.165) is 30.2 Å². The van der Waals surface area contributed by atoms with E-state index in [-0.39, 0.29) is 12.3 Å². The van der Waals surface area contributed by atoms with Crippen molar-refractivity contribution in [1.29, 1.82) is 0 Å². The van der Waals surface area contributed by atoms with E-state index in [9.17, 15) is 31.9 Å². The van der Waals surface area contributed by atoms with Gasteiger partial charge in [-0.05, 0) is 35.9 Å². The first-order chi connectivity index (χ1) is 21.9. The minimum atomic E-state index is -5.18. The summed E-state index contributed by atoms with van der Waals surface area (Å²) in [6.45, 7) is 0.274. The van der Waals surface area contributed by atoms with Crippen molar-refractivity contribution < 1.29 is 50.5 Å². The Balaban J connectivity index is 1.38. The van der Waals surface area contributed by atoms with Gasteiger partial charge in [-0.1, -0.05) is 12.1 Å². The minimum Gasteiger partial charge on any atom is -0.486 e. The topological polar surface area (TPSA) is 126 Å². The zero-order chi connectivity index (χ0) is 33.2. The number of hydrogen-bond donors (Lipinski definition) is 0. The third kappa shape index (κ3) is 6.96. The van der Waals surface area contributed by atoms with Crippen LogP contribution in [0.3, 0.4) is 0 Å². The van der Waals surface area contributed by atoms with Crippen LogP contribution < -0.4 is 9.47 Å². The van der Waals surface area contributed by atoms with Crippen LogP contribution in [-0.2, 0) is 33.9 Å². The molecule has 5 rings (SSSR count). The lowest BCUT2D eigenvalue weighted by atomic mass is 9.99. The fraction of sp³-hybridized carbons (Fsp3) is 0.333. The predicted octanol–water partition coefficient (Wildman–Crippen LogP) is 4.02. The first kappa shape index (κ1) is 32.4. The van der Waals surface area contributed by atoms with E-state index in [1.54, 1.807) is 36.7 Å². The Kier molecular flexibility index (Phi) is 9.27. The summed E-state index contributed by atoms with van der Waals surface area (Å²) in [6.07, 6.45) is -6.06. The normalized spacial score (nSPS) is 18.2. The van der Waals surface area contributed by atoms with Crippen molar-refractivity contribution in [3.8, 4) is 11.5 Å². The van der Waals surface area contributed by atoms with Crippen molar-refractivity contribution in [2.24, 2.45) is 0 Å². The average molecular weight is 648 g/mol. The van der Waals surface area contributed by atoms with Crippen LogP contribution in [0.4, 0.5) is 22.0 Å². The summed E-state index contributed by atoms with van der Waals surface area (Å²) < 4.78 is 83.7. The Hall–Kier alpha value is -4.99. The number of aromatic nitrogens is 4. The van der Waals surface area contributed by atoms with Gasteiger partial charge in [-0.25, -0.2) is 18.7 Å². The monoisotopic (exact) mass is 647 g/mol. The molecule has 3 heterocycles. The Morgan fingerprint density at radius 1 is 1.07 bits per heavy atom. The lowest BCUT2D eigenvalue weighted by Crippen LogP contribution is -2.47. The third-order valence-electron chi connectivity index (χ3n) is 7.26. The van der Waals surface area contributed by atoms with E-state index < -0.39 is 78.8 Å². The number of alkyl halides is 4. The number of ketones is 2. The molecule has 1 amide bonds. The molecule has 0 saturated carbocycles. The third-order valence-corrected chi connectivity index (χ3v) is 7.26. The molecular formula is C30H26F5N5O6. The van der Waals surface area contributed by atoms with Gasteiger partial charge in [0, 0.05) is 38.2 Å². The Morgan fingerprint density at radius 3 is 2.48 bits per heavy atom. The lowest BCUT2D eigenvalue weighted by molar-refractivity contribution is -0.275. The van der Waals surface area contributed by atoms with Gasteiger partial charge < -0.3 is 19.1 Å². The molecule has 1 fully saturated rings. The van der Waals surface area contributed by atoms with Gasteiger partial charge >= 0.3 is 6.36 Å². The number of fused-ring (bicyclic) bond motifs is 1. The number of Topliss-reactive ketones (excluding diaryl/α,β-unsaturated/α-hetero) is 2. The number of halogens is 5. The van der Waals surface area contributed by atoms with Crippen LogP contribution in [0, 0.1) is 5.82 Å². The van der Waals surface area contributed by atoms with Crippen molar-refractivity contribution in [3.05, 3.63) is 77.8 Å². The number of benzene rings is 2. The molecule has 0 bridgehead atoms. The second-order valence-electron chi connectivity index (χ2n) is 10.3. The standard InChI is InChI=1S/C30H26F5N5O6/c1-16(41)27-19-12-18(45-15-24-36-9-4-10-37-24)7-8-21(19)40(38-27)14-25(43)39-13-20(31)29(44-2)28(39)22(42)11-17-5-3-6-23(26(17)32)46-30(33,34)35/h3-10,12,20,28-29H,11,13-15H2,1-2H3/t20-,28+,29+/m0/s1. The van der Waals surface area contributed by atoms with Crippen molar-refractivity contribution in [2.75, 3.05) is 13.7 Å². The number of rotatable bonds is 11. The van der Waals surface area contributed by atoms with Crippen molar-refractivity contribution in [2.45, 2.75) is 51.2 Å². The lowest BCUT2D eigenvalue weighted by Gasteiger charge is -2.26. The summed E-state index contributed by atoms with van der Waals surface area (Å²) in [7, 11) is 1.13. The fourth-order valence-corrected chi connectivity index (χ4v) is 5.26. The first-order valence-corrected chi connectivity index (χ1v) is 13.8. The highest BCUT2D eigenvalue weighted by Crippen LogP contribution is 2.31. The number of methoxy groups -OCH3 is 1. The van der Waals surface area contributed by atoms with E-state index in [4.69, 9.17) is 9.47 Å². The van der Waals surface area contributed by atoms with Gasteiger partial charge in [0.15, 0.2) is 29.0 Å². The number of hydrogen-bond acceptors (Lipinski definition) is 9. The Morgan fingerprint density at radius 2 is 1.80 bits per heavy atom. The molecule has 46 heavy (non-hydrogen) atoms. The van der Waals surface area contributed by atoms with Gasteiger partial charge in [-0.15, -0.1) is 13.2 Å². The summed E-state index contributed by atoms with van der Waals surface area (Å²) in [6, 6.07) is 7.74. The van der Waals surface area contributed by atoms with Gasteiger partial charge in [0.25, 0.3) is 0 Å². The molecule has 2 aromatic heterocycles. The number of amides is 1. The molecule has 0 N–H and O–H groups in total. The number of carbonyl (C=O) groups is 3. The molecular weight excluding hydrogens is 621 g/mol. The zero-order valence-corrected chi connectivity index (χ0v) is 24.3. The van der Waals surface area contributed by atoms with Crippen LogP contribution >= 0.6 is 0 Å². The molecule has 0 aliphatic carbocycles. The summed E-state index contributed by atoms with van der Waals surface area (Å²) >= 11 is 0. The van der Waals surface area contributed by atoms with Crippen LogP contribution in [0.5, 0.6) is 11.5 Å². The van der Waals surface area contributed by atoms with E-state index in [0.29, 0.717) is 22.5 Å². The molecule has 0 spiro atoms. The van der Waals surface area contributed by atoms with Crippen LogP contribution in [0.2, 0.25) is 0 Å². The largest absolute Gasteiger partial charge is 0.573 e. The highest BCUT2D eigenvalue weighted by molar-refractivity contribution is 6.05. The quantitative estimate of drug-likeness (QED) is 0.175. The summed E-state index contributed by atoms with van der Waals surface area (Å²) in [5.74, 6) is -3.81. The fourth-order valence-electron chi connectivity index (χ4n) is 5.26. The van der Waals surface area contributed by atoms with E-state index in [1.807, 2.05) is 0 Å². The molecule has 4 aromatic rings. The maximum atomic E-state index is 15.0. The van der Waals surface area contributed by atoms with E-state index >= 15 is 4.39 Å². The van der Waals surface area contributed by atoms with Gasteiger partial charge in [0.2, 0.25) is 5.91 Å². The van der Waals surface area contributed by atoms with Gasteiger partial charge in [0.1, 0.15) is 42.9 Å². The van der Waals surface area contributed by atoms with E-state index in [1.165, 1.54) is 11.6 Å². The Bertz CT molecular complexity index is 1770. The number of carbonyl (C=O) groups excluding carboxylic acids is 3. The molecule has 3 atom stereocenters. The van der Waals surface area contributed by atoms with Crippen molar-refractivity contribution in [1.82, 2.24) is 24.6 Å². The molecule has 1 aliphatic heterocycles. The summed E-state index contributed by atoms with van der Waals surface area (Å²) in [4.78, 5) is 48.5. The SMILES string of the molecule is CO[C@H]1[C@@H](C(=O)Cc2cccc(OC(F)(F)F)c2F)N(C(=O)Cn2nc(C(C)=O)c3cc(OCc4ncccn4)ccc32)C[C@@H]1F. The van der Waals surface area contributed by atoms with Crippen LogP contribution in [0.15, 0.2) is 54.9 Å². The van der Waals surface area contributed by atoms with Crippen molar-refractivity contribution >= 4 is 28.4 Å². The highest BCUT2D eigenvalue weighted by atomic mass is 19.4. The number of ether oxygens (including phenoxy) is 3. The van der Waals surface area contributed by atoms with Crippen LogP contribution in [0.25, 0.3) is 10.9 Å². The summed E-state index contributed by atoms with van der Waals surface area (Å²) in [5, 5.41) is 4.65. The van der Waals surface area contributed by atoms with Crippen molar-refractivity contribution in [3.63, 3.8) is 0 Å². The second-order valence-corrected chi connectivity index (χ2v) is 10.3.